The van der Waals surface area contributed by atoms with Gasteiger partial charge >= 0.3 is 0 Å². The van der Waals surface area contributed by atoms with Crippen molar-refractivity contribution in [3.63, 3.8) is 0 Å². The number of amides is 3. The largest absolute Gasteiger partial charge is 0.338 e. The Morgan fingerprint density at radius 3 is 2.52 bits per heavy atom. The zero-order chi connectivity index (χ0) is 23.3. The van der Waals surface area contributed by atoms with E-state index in [1.165, 1.54) is 23.1 Å². The molecule has 3 amide bonds. The first-order valence-electron chi connectivity index (χ1n) is 11.0. The summed E-state index contributed by atoms with van der Waals surface area (Å²) in [7, 11) is 0. The lowest BCUT2D eigenvalue weighted by Gasteiger charge is -2.17. The highest BCUT2D eigenvalue weighted by molar-refractivity contribution is 6.35. The van der Waals surface area contributed by atoms with Crippen molar-refractivity contribution in [3.05, 3.63) is 99.9 Å². The molecular weight excluding hydrogens is 419 g/mol. The van der Waals surface area contributed by atoms with Gasteiger partial charge in [-0.05, 0) is 73.4 Å². The summed E-state index contributed by atoms with van der Waals surface area (Å²) in [4.78, 5) is 42.3. The minimum absolute atomic E-state index is 0.0714. The molecule has 0 N–H and O–H groups in total. The van der Waals surface area contributed by atoms with Gasteiger partial charge in [-0.3, -0.25) is 14.4 Å². The Bertz CT molecular complexity index is 1320. The van der Waals surface area contributed by atoms with Crippen LogP contribution in [0.2, 0.25) is 0 Å². The lowest BCUT2D eigenvalue weighted by molar-refractivity contribution is 0.0790. The summed E-state index contributed by atoms with van der Waals surface area (Å²) >= 11 is 0. The molecular formula is C27H23FN2O3. The van der Waals surface area contributed by atoms with Crippen LogP contribution in [0.15, 0.2) is 60.7 Å². The molecule has 1 unspecified atom stereocenters. The van der Waals surface area contributed by atoms with Gasteiger partial charge in [-0.15, -0.1) is 0 Å². The summed E-state index contributed by atoms with van der Waals surface area (Å²) in [6, 6.07) is 16.8. The fourth-order valence-corrected chi connectivity index (χ4v) is 4.71. The number of carbonyl (C=O) groups excluding carboxylic acids is 3. The topological polar surface area (TPSA) is 57.7 Å². The highest BCUT2D eigenvalue weighted by Gasteiger charge is 2.38. The number of rotatable bonds is 3. The highest BCUT2D eigenvalue weighted by atomic mass is 19.1. The highest BCUT2D eigenvalue weighted by Crippen LogP contribution is 2.33. The van der Waals surface area contributed by atoms with E-state index in [0.29, 0.717) is 29.9 Å². The second-order valence-corrected chi connectivity index (χ2v) is 8.79. The molecule has 1 atom stereocenters. The lowest BCUT2D eigenvalue weighted by atomic mass is 9.98. The molecule has 0 spiro atoms. The molecule has 5 nitrogen and oxygen atoms in total. The van der Waals surface area contributed by atoms with E-state index in [1.54, 1.807) is 23.1 Å². The molecule has 0 aliphatic carbocycles. The smallest absolute Gasteiger partial charge is 0.266 e. The predicted molar refractivity (Wildman–Crippen MR) is 123 cm³/mol. The number of carbonyl (C=O) groups is 3. The fourth-order valence-electron chi connectivity index (χ4n) is 4.71. The van der Waals surface area contributed by atoms with Crippen LogP contribution in [-0.2, 0) is 0 Å². The van der Waals surface area contributed by atoms with E-state index >= 15 is 0 Å². The van der Waals surface area contributed by atoms with Gasteiger partial charge < -0.3 is 4.90 Å². The van der Waals surface area contributed by atoms with E-state index in [1.807, 2.05) is 38.1 Å². The standard InChI is InChI=1S/C27H23FN2O3/c1-16-6-7-17(2)24(12-16)30-26(32)22-9-8-19(14-23(22)27(30)33)25(31)29-11-10-20(15-29)18-4-3-5-21(28)13-18/h3-9,12-14,20H,10-11,15H2,1-2H3. The van der Waals surface area contributed by atoms with E-state index in [2.05, 4.69) is 0 Å². The molecule has 0 aromatic heterocycles. The van der Waals surface area contributed by atoms with Crippen LogP contribution in [0.5, 0.6) is 0 Å². The Morgan fingerprint density at radius 1 is 0.939 bits per heavy atom. The average Bonchev–Trinajstić information content (AvgIpc) is 3.39. The van der Waals surface area contributed by atoms with Gasteiger partial charge in [-0.1, -0.05) is 24.3 Å². The predicted octanol–water partition coefficient (Wildman–Crippen LogP) is 4.87. The third-order valence-electron chi connectivity index (χ3n) is 6.53. The summed E-state index contributed by atoms with van der Waals surface area (Å²) in [6.07, 6.45) is 0.748. The second kappa shape index (κ2) is 7.96. The summed E-state index contributed by atoms with van der Waals surface area (Å²) in [6.45, 7) is 4.81. The SMILES string of the molecule is Cc1ccc(C)c(N2C(=O)c3ccc(C(=O)N4CCC(c5cccc(F)c5)C4)cc3C2=O)c1. The number of likely N-dealkylation sites (tertiary alicyclic amines) is 1. The van der Waals surface area contributed by atoms with Gasteiger partial charge in [-0.2, -0.15) is 0 Å². The summed E-state index contributed by atoms with van der Waals surface area (Å²) in [5, 5.41) is 0. The first-order valence-corrected chi connectivity index (χ1v) is 11.0. The van der Waals surface area contributed by atoms with Crippen molar-refractivity contribution < 1.29 is 18.8 Å². The van der Waals surface area contributed by atoms with Gasteiger partial charge in [0.1, 0.15) is 5.82 Å². The van der Waals surface area contributed by atoms with Crippen LogP contribution in [0.25, 0.3) is 0 Å². The quantitative estimate of drug-likeness (QED) is 0.544. The number of anilines is 1. The number of imide groups is 1. The molecule has 0 bridgehead atoms. The van der Waals surface area contributed by atoms with E-state index in [-0.39, 0.29) is 29.1 Å². The molecule has 3 aromatic carbocycles. The first-order chi connectivity index (χ1) is 15.8. The van der Waals surface area contributed by atoms with Crippen molar-refractivity contribution in [1.29, 1.82) is 0 Å². The van der Waals surface area contributed by atoms with Crippen molar-refractivity contribution in [2.45, 2.75) is 26.2 Å². The number of fused-ring (bicyclic) bond motifs is 1. The molecule has 166 valence electrons. The van der Waals surface area contributed by atoms with E-state index in [9.17, 15) is 18.8 Å². The zero-order valence-electron chi connectivity index (χ0n) is 18.5. The van der Waals surface area contributed by atoms with E-state index in [4.69, 9.17) is 0 Å². The lowest BCUT2D eigenvalue weighted by Crippen LogP contribution is -2.30. The van der Waals surface area contributed by atoms with Crippen LogP contribution >= 0.6 is 0 Å². The van der Waals surface area contributed by atoms with Crippen LogP contribution in [0.1, 0.15) is 60.1 Å². The maximum absolute atomic E-state index is 13.6. The maximum atomic E-state index is 13.6. The normalized spacial score (nSPS) is 17.6. The third-order valence-corrected chi connectivity index (χ3v) is 6.53. The molecule has 33 heavy (non-hydrogen) atoms. The van der Waals surface area contributed by atoms with Crippen molar-refractivity contribution >= 4 is 23.4 Å². The molecule has 0 radical (unpaired) electrons. The summed E-state index contributed by atoms with van der Waals surface area (Å²) in [5.74, 6) is -1.20. The third kappa shape index (κ3) is 3.61. The number of aryl methyl sites for hydroxylation is 2. The molecule has 3 aromatic rings. The monoisotopic (exact) mass is 442 g/mol. The van der Waals surface area contributed by atoms with Crippen LogP contribution in [-0.4, -0.2) is 35.7 Å². The van der Waals surface area contributed by atoms with Gasteiger partial charge in [0.2, 0.25) is 0 Å². The number of hydrogen-bond donors (Lipinski definition) is 0. The molecule has 0 saturated carbocycles. The van der Waals surface area contributed by atoms with Crippen LogP contribution in [0, 0.1) is 19.7 Å². The van der Waals surface area contributed by atoms with Gasteiger partial charge in [-0.25, -0.2) is 9.29 Å². The summed E-state index contributed by atoms with van der Waals surface area (Å²) < 4.78 is 13.6. The average molecular weight is 442 g/mol. The van der Waals surface area contributed by atoms with Crippen molar-refractivity contribution in [2.24, 2.45) is 0 Å². The number of halogens is 1. The Kier molecular flexibility index (Phi) is 5.08. The Morgan fingerprint density at radius 2 is 1.73 bits per heavy atom. The Labute approximate surface area is 191 Å². The minimum atomic E-state index is -0.419. The van der Waals surface area contributed by atoms with E-state index < -0.39 is 5.91 Å². The van der Waals surface area contributed by atoms with Gasteiger partial charge in [0, 0.05) is 24.6 Å². The zero-order valence-corrected chi connectivity index (χ0v) is 18.5. The number of hydrogen-bond acceptors (Lipinski definition) is 3. The second-order valence-electron chi connectivity index (χ2n) is 8.79. The first kappa shape index (κ1) is 21.1. The van der Waals surface area contributed by atoms with Crippen molar-refractivity contribution in [1.82, 2.24) is 4.90 Å². The molecule has 2 aliphatic heterocycles. The van der Waals surface area contributed by atoms with Gasteiger partial charge in [0.25, 0.3) is 17.7 Å². The molecule has 1 saturated heterocycles. The van der Waals surface area contributed by atoms with Crippen molar-refractivity contribution in [3.8, 4) is 0 Å². The Hall–Kier alpha value is -3.80. The Balaban J connectivity index is 1.39. The van der Waals surface area contributed by atoms with Crippen LogP contribution in [0.3, 0.4) is 0 Å². The minimum Gasteiger partial charge on any atom is -0.338 e. The number of benzene rings is 3. The molecule has 1 fully saturated rings. The summed E-state index contributed by atoms with van der Waals surface area (Å²) in [5.41, 5.74) is 4.13. The van der Waals surface area contributed by atoms with Crippen LogP contribution in [0.4, 0.5) is 10.1 Å². The number of nitrogens with zero attached hydrogens (tertiary/aromatic N) is 2. The van der Waals surface area contributed by atoms with E-state index in [0.717, 1.165) is 23.1 Å². The van der Waals surface area contributed by atoms with Crippen LogP contribution < -0.4 is 4.90 Å². The van der Waals surface area contributed by atoms with Crippen molar-refractivity contribution in [2.75, 3.05) is 18.0 Å². The maximum Gasteiger partial charge on any atom is 0.266 e. The fraction of sp³-hybridized carbons (Fsp3) is 0.222. The van der Waals surface area contributed by atoms with Gasteiger partial charge in [0.15, 0.2) is 0 Å². The molecule has 2 heterocycles. The molecule has 2 aliphatic rings. The van der Waals surface area contributed by atoms with Gasteiger partial charge in [0.05, 0.1) is 16.8 Å². The molecule has 5 rings (SSSR count). The molecule has 6 heteroatoms.